The minimum absolute atomic E-state index is 0.234. The van der Waals surface area contributed by atoms with Crippen molar-refractivity contribution < 1.29 is 9.53 Å². The van der Waals surface area contributed by atoms with E-state index in [2.05, 4.69) is 24.0 Å². The SMILES string of the molecule is CCC1CN(CC2Cc3ccccc3O2)CCC1=O. The van der Waals surface area contributed by atoms with Crippen molar-refractivity contribution in [2.45, 2.75) is 32.3 Å². The Morgan fingerprint density at radius 2 is 2.21 bits per heavy atom. The Morgan fingerprint density at radius 3 is 3.00 bits per heavy atom. The Hall–Kier alpha value is -1.35. The van der Waals surface area contributed by atoms with Gasteiger partial charge in [0.2, 0.25) is 0 Å². The van der Waals surface area contributed by atoms with E-state index in [1.807, 2.05) is 12.1 Å². The second-order valence-corrected chi connectivity index (χ2v) is 5.63. The van der Waals surface area contributed by atoms with Crippen LogP contribution in [0.5, 0.6) is 5.75 Å². The zero-order valence-electron chi connectivity index (χ0n) is 11.5. The van der Waals surface area contributed by atoms with E-state index in [-0.39, 0.29) is 12.0 Å². The second-order valence-electron chi connectivity index (χ2n) is 5.63. The van der Waals surface area contributed by atoms with Crippen LogP contribution in [-0.4, -0.2) is 36.4 Å². The Labute approximate surface area is 114 Å². The smallest absolute Gasteiger partial charge is 0.138 e. The molecule has 0 amide bonds. The number of ether oxygens (including phenoxy) is 1. The fourth-order valence-electron chi connectivity index (χ4n) is 3.14. The van der Waals surface area contributed by atoms with Crippen LogP contribution in [-0.2, 0) is 11.2 Å². The summed E-state index contributed by atoms with van der Waals surface area (Å²) in [7, 11) is 0. The molecule has 0 saturated carbocycles. The summed E-state index contributed by atoms with van der Waals surface area (Å²) in [6, 6.07) is 8.28. The van der Waals surface area contributed by atoms with Crippen LogP contribution in [0.2, 0.25) is 0 Å². The van der Waals surface area contributed by atoms with E-state index in [4.69, 9.17) is 4.74 Å². The highest BCUT2D eigenvalue weighted by Gasteiger charge is 2.30. The van der Waals surface area contributed by atoms with E-state index >= 15 is 0 Å². The molecule has 0 radical (unpaired) electrons. The molecule has 2 atom stereocenters. The molecule has 102 valence electrons. The fraction of sp³-hybridized carbons (Fsp3) is 0.562. The predicted molar refractivity (Wildman–Crippen MR) is 74.4 cm³/mol. The Kier molecular flexibility index (Phi) is 3.56. The Bertz CT molecular complexity index is 447. The van der Waals surface area contributed by atoms with Crippen molar-refractivity contribution in [1.29, 1.82) is 0 Å². The molecule has 1 aromatic rings. The number of Topliss-reactive ketones (excluding diaryl/α,β-unsaturated/α-hetero) is 1. The van der Waals surface area contributed by atoms with E-state index in [0.29, 0.717) is 12.2 Å². The predicted octanol–water partition coefficient (Wildman–Crippen LogP) is 2.29. The number of hydrogen-bond acceptors (Lipinski definition) is 3. The van der Waals surface area contributed by atoms with Gasteiger partial charge in [0.05, 0.1) is 0 Å². The van der Waals surface area contributed by atoms with Crippen molar-refractivity contribution in [3.63, 3.8) is 0 Å². The first-order valence-electron chi connectivity index (χ1n) is 7.26. The molecular weight excluding hydrogens is 238 g/mol. The number of benzene rings is 1. The maximum Gasteiger partial charge on any atom is 0.138 e. The van der Waals surface area contributed by atoms with E-state index in [9.17, 15) is 4.79 Å². The number of likely N-dealkylation sites (tertiary alicyclic amines) is 1. The van der Waals surface area contributed by atoms with Gasteiger partial charge >= 0.3 is 0 Å². The zero-order valence-corrected chi connectivity index (χ0v) is 11.5. The first-order chi connectivity index (χ1) is 9.26. The Morgan fingerprint density at radius 1 is 1.37 bits per heavy atom. The summed E-state index contributed by atoms with van der Waals surface area (Å²) in [5.74, 6) is 1.71. The topological polar surface area (TPSA) is 29.5 Å². The third kappa shape index (κ3) is 2.66. The summed E-state index contributed by atoms with van der Waals surface area (Å²) in [4.78, 5) is 14.1. The number of fused-ring (bicyclic) bond motifs is 1. The molecule has 1 aromatic carbocycles. The number of carbonyl (C=O) groups excluding carboxylic acids is 1. The molecule has 0 N–H and O–H groups in total. The molecule has 3 nitrogen and oxygen atoms in total. The van der Waals surface area contributed by atoms with Crippen LogP contribution in [0, 0.1) is 5.92 Å². The molecule has 1 fully saturated rings. The standard InChI is InChI=1S/C16H21NO2/c1-2-12-10-17(8-7-15(12)18)11-14-9-13-5-3-4-6-16(13)19-14/h3-6,12,14H,2,7-11H2,1H3. The van der Waals surface area contributed by atoms with E-state index < -0.39 is 0 Å². The quantitative estimate of drug-likeness (QED) is 0.834. The van der Waals surface area contributed by atoms with Gasteiger partial charge < -0.3 is 4.74 Å². The van der Waals surface area contributed by atoms with Crippen LogP contribution in [0.4, 0.5) is 0 Å². The normalized spacial score (nSPS) is 27.1. The third-order valence-corrected chi connectivity index (χ3v) is 4.28. The van der Waals surface area contributed by atoms with Gasteiger partial charge in [-0.05, 0) is 18.1 Å². The van der Waals surface area contributed by atoms with Crippen molar-refractivity contribution in [3.05, 3.63) is 29.8 Å². The van der Waals surface area contributed by atoms with Crippen molar-refractivity contribution in [2.24, 2.45) is 5.92 Å². The second kappa shape index (κ2) is 5.33. The van der Waals surface area contributed by atoms with E-state index in [1.54, 1.807) is 0 Å². The molecule has 2 aliphatic heterocycles. The molecule has 2 unspecified atom stereocenters. The molecule has 2 aliphatic rings. The number of para-hydroxylation sites is 1. The van der Waals surface area contributed by atoms with Gasteiger partial charge in [-0.3, -0.25) is 9.69 Å². The first-order valence-corrected chi connectivity index (χ1v) is 7.26. The minimum atomic E-state index is 0.234. The van der Waals surface area contributed by atoms with Crippen LogP contribution in [0.15, 0.2) is 24.3 Å². The number of piperidine rings is 1. The lowest BCUT2D eigenvalue weighted by Gasteiger charge is -2.32. The Balaban J connectivity index is 1.58. The van der Waals surface area contributed by atoms with E-state index in [0.717, 1.165) is 38.2 Å². The summed E-state index contributed by atoms with van der Waals surface area (Å²) in [5, 5.41) is 0. The molecule has 0 aliphatic carbocycles. The highest BCUT2D eigenvalue weighted by molar-refractivity contribution is 5.82. The maximum atomic E-state index is 11.7. The molecule has 0 spiro atoms. The molecule has 0 aromatic heterocycles. The lowest BCUT2D eigenvalue weighted by atomic mass is 9.94. The zero-order chi connectivity index (χ0) is 13.2. The highest BCUT2D eigenvalue weighted by atomic mass is 16.5. The average Bonchev–Trinajstić information content (AvgIpc) is 2.83. The van der Waals surface area contributed by atoms with E-state index in [1.165, 1.54) is 5.56 Å². The van der Waals surface area contributed by atoms with Crippen LogP contribution >= 0.6 is 0 Å². The number of carbonyl (C=O) groups is 1. The van der Waals surface area contributed by atoms with Gasteiger partial charge in [0.25, 0.3) is 0 Å². The van der Waals surface area contributed by atoms with Crippen LogP contribution in [0.1, 0.15) is 25.3 Å². The molecule has 0 bridgehead atoms. The van der Waals surface area contributed by atoms with Gasteiger partial charge in [-0.15, -0.1) is 0 Å². The summed E-state index contributed by atoms with van der Waals surface area (Å²) >= 11 is 0. The van der Waals surface area contributed by atoms with Gasteiger partial charge in [0.1, 0.15) is 17.6 Å². The van der Waals surface area contributed by atoms with Crippen molar-refractivity contribution >= 4 is 5.78 Å². The number of hydrogen-bond donors (Lipinski definition) is 0. The highest BCUT2D eigenvalue weighted by Crippen LogP contribution is 2.29. The summed E-state index contributed by atoms with van der Waals surface area (Å²) < 4.78 is 5.98. The lowest BCUT2D eigenvalue weighted by molar-refractivity contribution is -0.126. The van der Waals surface area contributed by atoms with Gasteiger partial charge in [0, 0.05) is 38.4 Å². The number of rotatable bonds is 3. The maximum absolute atomic E-state index is 11.7. The fourth-order valence-corrected chi connectivity index (χ4v) is 3.14. The van der Waals surface area contributed by atoms with Gasteiger partial charge in [0.15, 0.2) is 0 Å². The molecule has 1 saturated heterocycles. The molecule has 3 rings (SSSR count). The molecule has 3 heteroatoms. The van der Waals surface area contributed by atoms with Gasteiger partial charge in [-0.2, -0.15) is 0 Å². The number of nitrogens with zero attached hydrogens (tertiary/aromatic N) is 1. The van der Waals surface area contributed by atoms with Crippen molar-refractivity contribution in [2.75, 3.05) is 19.6 Å². The molecule has 19 heavy (non-hydrogen) atoms. The van der Waals surface area contributed by atoms with Crippen LogP contribution in [0.3, 0.4) is 0 Å². The van der Waals surface area contributed by atoms with Gasteiger partial charge in [-0.1, -0.05) is 25.1 Å². The van der Waals surface area contributed by atoms with Crippen molar-refractivity contribution in [3.8, 4) is 5.75 Å². The summed E-state index contributed by atoms with van der Waals surface area (Å²) in [6.07, 6.45) is 2.92. The third-order valence-electron chi connectivity index (χ3n) is 4.28. The molecular formula is C16H21NO2. The van der Waals surface area contributed by atoms with Crippen LogP contribution in [0.25, 0.3) is 0 Å². The first kappa shape index (κ1) is 12.7. The average molecular weight is 259 g/mol. The monoisotopic (exact) mass is 259 g/mol. The largest absolute Gasteiger partial charge is 0.488 e. The number of ketones is 1. The minimum Gasteiger partial charge on any atom is -0.488 e. The van der Waals surface area contributed by atoms with Crippen molar-refractivity contribution in [1.82, 2.24) is 4.90 Å². The lowest BCUT2D eigenvalue weighted by Crippen LogP contribution is -2.44. The van der Waals surface area contributed by atoms with Gasteiger partial charge in [-0.25, -0.2) is 0 Å². The molecule has 2 heterocycles. The summed E-state index contributed by atoms with van der Waals surface area (Å²) in [5.41, 5.74) is 1.31. The summed E-state index contributed by atoms with van der Waals surface area (Å²) in [6.45, 7) is 4.85. The van der Waals surface area contributed by atoms with Crippen LogP contribution < -0.4 is 4.74 Å².